The first kappa shape index (κ1) is 15.5. The molecule has 7 heteroatoms. The average molecular weight is 367 g/mol. The molecule has 0 unspecified atom stereocenters. The van der Waals surface area contributed by atoms with Gasteiger partial charge in [-0.25, -0.2) is 0 Å². The van der Waals surface area contributed by atoms with E-state index in [4.69, 9.17) is 16.6 Å². The van der Waals surface area contributed by atoms with Gasteiger partial charge in [-0.15, -0.1) is 0 Å². The van der Waals surface area contributed by atoms with Crippen LogP contribution in [0, 0.1) is 0 Å². The lowest BCUT2D eigenvalue weighted by molar-refractivity contribution is 0.557. The molecule has 2 rings (SSSR count). The molecule has 0 saturated heterocycles. The van der Waals surface area contributed by atoms with Crippen LogP contribution in [0.3, 0.4) is 0 Å². The molecule has 0 fully saturated rings. The molecule has 110 valence electrons. The molecule has 1 aromatic carbocycles. The number of halogens is 1. The lowest BCUT2D eigenvalue weighted by Gasteiger charge is -2.07. The highest BCUT2D eigenvalue weighted by atomic mass is 79.9. The van der Waals surface area contributed by atoms with Crippen molar-refractivity contribution in [3.63, 3.8) is 0 Å². The zero-order valence-electron chi connectivity index (χ0n) is 11.6. The van der Waals surface area contributed by atoms with Gasteiger partial charge in [-0.05, 0) is 40.3 Å². The first-order chi connectivity index (χ1) is 10.1. The van der Waals surface area contributed by atoms with Gasteiger partial charge in [0.2, 0.25) is 5.88 Å². The summed E-state index contributed by atoms with van der Waals surface area (Å²) in [4.78, 5) is 1.87. The Labute approximate surface area is 137 Å². The highest BCUT2D eigenvalue weighted by Gasteiger charge is 2.08. The Morgan fingerprint density at radius 1 is 1.33 bits per heavy atom. The van der Waals surface area contributed by atoms with E-state index in [1.807, 2.05) is 55.4 Å². The third-order valence-electron chi connectivity index (χ3n) is 2.48. The molecule has 0 aliphatic rings. The Bertz CT molecular complexity index is 640. The van der Waals surface area contributed by atoms with E-state index >= 15 is 0 Å². The molecular weight excluding hydrogens is 352 g/mol. The molecule has 0 amide bonds. The van der Waals surface area contributed by atoms with Crippen LogP contribution < -0.4 is 15.6 Å². The Morgan fingerprint density at radius 2 is 2.05 bits per heavy atom. The molecule has 0 aliphatic heterocycles. The second-order valence-corrected chi connectivity index (χ2v) is 5.65. The SMILES string of the molecule is CN(C)c1oc(C=NNC(=S)Nc2ccccc2)cc1Br. The fourth-order valence-electron chi connectivity index (χ4n) is 1.58. The molecule has 1 aromatic heterocycles. The van der Waals surface area contributed by atoms with Crippen LogP contribution in [0.25, 0.3) is 0 Å². The van der Waals surface area contributed by atoms with Crippen molar-refractivity contribution < 1.29 is 4.42 Å². The van der Waals surface area contributed by atoms with Crippen molar-refractivity contribution in [1.82, 2.24) is 5.43 Å². The summed E-state index contributed by atoms with van der Waals surface area (Å²) in [6, 6.07) is 11.5. The molecule has 0 saturated carbocycles. The number of nitrogens with one attached hydrogen (secondary N) is 2. The van der Waals surface area contributed by atoms with Crippen molar-refractivity contribution in [2.24, 2.45) is 5.10 Å². The van der Waals surface area contributed by atoms with Gasteiger partial charge >= 0.3 is 0 Å². The van der Waals surface area contributed by atoms with Crippen molar-refractivity contribution in [3.05, 3.63) is 46.6 Å². The number of anilines is 2. The number of furan rings is 1. The summed E-state index contributed by atoms with van der Waals surface area (Å²) in [7, 11) is 3.81. The maximum absolute atomic E-state index is 5.60. The normalized spacial score (nSPS) is 10.6. The van der Waals surface area contributed by atoms with Gasteiger partial charge in [0.15, 0.2) is 10.9 Å². The lowest BCUT2D eigenvalue weighted by Crippen LogP contribution is -2.23. The van der Waals surface area contributed by atoms with Crippen molar-refractivity contribution in [1.29, 1.82) is 0 Å². The highest BCUT2D eigenvalue weighted by molar-refractivity contribution is 9.10. The smallest absolute Gasteiger partial charge is 0.210 e. The second kappa shape index (κ2) is 7.24. The summed E-state index contributed by atoms with van der Waals surface area (Å²) in [5.74, 6) is 1.36. The van der Waals surface area contributed by atoms with E-state index in [2.05, 4.69) is 31.8 Å². The maximum Gasteiger partial charge on any atom is 0.210 e. The van der Waals surface area contributed by atoms with E-state index in [-0.39, 0.29) is 0 Å². The zero-order chi connectivity index (χ0) is 15.2. The minimum Gasteiger partial charge on any atom is -0.438 e. The van der Waals surface area contributed by atoms with Crippen LogP contribution in [0.2, 0.25) is 0 Å². The molecule has 2 aromatic rings. The minimum atomic E-state index is 0.413. The summed E-state index contributed by atoms with van der Waals surface area (Å²) >= 11 is 8.57. The molecule has 21 heavy (non-hydrogen) atoms. The molecule has 0 aliphatic carbocycles. The number of nitrogens with zero attached hydrogens (tertiary/aromatic N) is 2. The molecule has 0 spiro atoms. The average Bonchev–Trinajstić information content (AvgIpc) is 2.81. The van der Waals surface area contributed by atoms with Gasteiger partial charge in [-0.3, -0.25) is 5.43 Å². The molecular formula is C14H15BrN4OS. The van der Waals surface area contributed by atoms with Crippen molar-refractivity contribution in [3.8, 4) is 0 Å². The summed E-state index contributed by atoms with van der Waals surface area (Å²) in [5.41, 5.74) is 3.64. The van der Waals surface area contributed by atoms with E-state index in [0.29, 0.717) is 10.9 Å². The predicted octanol–water partition coefficient (Wildman–Crippen LogP) is 3.43. The van der Waals surface area contributed by atoms with Crippen molar-refractivity contribution in [2.45, 2.75) is 0 Å². The van der Waals surface area contributed by atoms with Gasteiger partial charge in [-0.2, -0.15) is 5.10 Å². The van der Waals surface area contributed by atoms with Crippen LogP contribution in [-0.4, -0.2) is 25.4 Å². The Hall–Kier alpha value is -1.86. The largest absolute Gasteiger partial charge is 0.438 e. The number of hydrogen-bond acceptors (Lipinski definition) is 4. The van der Waals surface area contributed by atoms with Gasteiger partial charge in [0.1, 0.15) is 0 Å². The molecule has 0 radical (unpaired) electrons. The van der Waals surface area contributed by atoms with E-state index in [1.165, 1.54) is 0 Å². The lowest BCUT2D eigenvalue weighted by atomic mass is 10.3. The number of para-hydroxylation sites is 1. The van der Waals surface area contributed by atoms with Crippen LogP contribution in [0.5, 0.6) is 0 Å². The zero-order valence-corrected chi connectivity index (χ0v) is 14.0. The highest BCUT2D eigenvalue weighted by Crippen LogP contribution is 2.27. The maximum atomic E-state index is 5.60. The number of hydrazone groups is 1. The Kier molecular flexibility index (Phi) is 5.35. The summed E-state index contributed by atoms with van der Waals surface area (Å²) < 4.78 is 6.48. The fraction of sp³-hybridized carbons (Fsp3) is 0.143. The fourth-order valence-corrected chi connectivity index (χ4v) is 2.41. The predicted molar refractivity (Wildman–Crippen MR) is 94.1 cm³/mol. The van der Waals surface area contributed by atoms with E-state index < -0.39 is 0 Å². The Morgan fingerprint density at radius 3 is 2.67 bits per heavy atom. The topological polar surface area (TPSA) is 52.8 Å². The van der Waals surface area contributed by atoms with Gasteiger partial charge in [0.05, 0.1) is 10.7 Å². The van der Waals surface area contributed by atoms with Crippen LogP contribution in [0.15, 0.2) is 50.4 Å². The van der Waals surface area contributed by atoms with Crippen molar-refractivity contribution in [2.75, 3.05) is 24.3 Å². The van der Waals surface area contributed by atoms with Crippen LogP contribution in [0.1, 0.15) is 5.76 Å². The van der Waals surface area contributed by atoms with E-state index in [0.717, 1.165) is 16.0 Å². The van der Waals surface area contributed by atoms with Crippen LogP contribution >= 0.6 is 28.1 Å². The molecule has 5 nitrogen and oxygen atoms in total. The monoisotopic (exact) mass is 366 g/mol. The first-order valence-electron chi connectivity index (χ1n) is 6.18. The van der Waals surface area contributed by atoms with E-state index in [1.54, 1.807) is 6.21 Å². The van der Waals surface area contributed by atoms with Gasteiger partial charge in [0.25, 0.3) is 0 Å². The van der Waals surface area contributed by atoms with Crippen molar-refractivity contribution >= 4 is 51.0 Å². The number of benzene rings is 1. The van der Waals surface area contributed by atoms with E-state index in [9.17, 15) is 0 Å². The summed E-state index contributed by atoms with van der Waals surface area (Å²) in [5, 5.41) is 7.47. The number of hydrogen-bond donors (Lipinski definition) is 2. The van der Waals surface area contributed by atoms with Crippen LogP contribution in [-0.2, 0) is 0 Å². The molecule has 0 atom stereocenters. The first-order valence-corrected chi connectivity index (χ1v) is 7.38. The van der Waals surface area contributed by atoms with Crippen LogP contribution in [0.4, 0.5) is 11.6 Å². The second-order valence-electron chi connectivity index (χ2n) is 4.39. The standard InChI is InChI=1S/C14H15BrN4OS/c1-19(2)13-12(15)8-11(20-13)9-16-18-14(21)17-10-6-4-3-5-7-10/h3-9H,1-2H3,(H2,17,18,21). The summed E-state index contributed by atoms with van der Waals surface area (Å²) in [6.07, 6.45) is 1.57. The van der Waals surface area contributed by atoms with Gasteiger partial charge in [-0.1, -0.05) is 18.2 Å². The van der Waals surface area contributed by atoms with Gasteiger partial charge in [0, 0.05) is 25.8 Å². The third kappa shape index (κ3) is 4.57. The Balaban J connectivity index is 1.90. The quantitative estimate of drug-likeness (QED) is 0.493. The number of thiocarbonyl (C=S) groups is 1. The molecule has 1 heterocycles. The molecule has 2 N–H and O–H groups in total. The van der Waals surface area contributed by atoms with Gasteiger partial charge < -0.3 is 14.6 Å². The summed E-state index contributed by atoms with van der Waals surface area (Å²) in [6.45, 7) is 0. The third-order valence-corrected chi connectivity index (χ3v) is 3.24. The minimum absolute atomic E-state index is 0.413. The molecule has 0 bridgehead atoms. The number of rotatable bonds is 4.